The van der Waals surface area contributed by atoms with E-state index >= 15 is 0 Å². The van der Waals surface area contributed by atoms with Crippen molar-refractivity contribution in [1.29, 1.82) is 0 Å². The van der Waals surface area contributed by atoms with Crippen LogP contribution in [0.1, 0.15) is 11.1 Å². The van der Waals surface area contributed by atoms with E-state index in [1.54, 1.807) is 12.1 Å². The number of rotatable bonds is 5. The van der Waals surface area contributed by atoms with Gasteiger partial charge in [0.05, 0.1) is 24.8 Å². The summed E-state index contributed by atoms with van der Waals surface area (Å²) in [5, 5.41) is 6.97. The summed E-state index contributed by atoms with van der Waals surface area (Å²) < 4.78 is 5.24. The first-order valence-corrected chi connectivity index (χ1v) is 8.65. The maximum atomic E-state index is 12.2. The fourth-order valence-electron chi connectivity index (χ4n) is 2.72. The zero-order valence-corrected chi connectivity index (χ0v) is 15.5. The Bertz CT molecular complexity index is 981. The molecule has 0 aliphatic rings. The number of hydrogen-bond donors (Lipinski definition) is 1. The summed E-state index contributed by atoms with van der Waals surface area (Å²) in [6.45, 7) is 0. The Hall–Kier alpha value is -2.56. The number of benzene rings is 3. The molecule has 132 valence electrons. The lowest BCUT2D eigenvalue weighted by molar-refractivity contribution is -0.120. The number of nitrogens with zero attached hydrogens (tertiary/aromatic N) is 1. The maximum absolute atomic E-state index is 12.2. The number of nitrogens with one attached hydrogen (secondary N) is 1. The maximum Gasteiger partial charge on any atom is 0.244 e. The summed E-state index contributed by atoms with van der Waals surface area (Å²) in [7, 11) is 1.51. The Morgan fingerprint density at radius 2 is 1.92 bits per heavy atom. The number of hydrogen-bond acceptors (Lipinski definition) is 3. The number of carbonyl (C=O) groups excluding carboxylic acids is 1. The third-order valence-electron chi connectivity index (χ3n) is 3.87. The first-order chi connectivity index (χ1) is 12.6. The minimum atomic E-state index is -0.218. The van der Waals surface area contributed by atoms with Gasteiger partial charge in [-0.3, -0.25) is 4.79 Å². The van der Waals surface area contributed by atoms with Crippen LogP contribution >= 0.6 is 23.2 Å². The van der Waals surface area contributed by atoms with E-state index in [0.717, 1.165) is 16.3 Å². The number of halogens is 2. The average Bonchev–Trinajstić information content (AvgIpc) is 2.62. The molecule has 3 rings (SSSR count). The first-order valence-electron chi connectivity index (χ1n) is 7.90. The van der Waals surface area contributed by atoms with Gasteiger partial charge in [0.25, 0.3) is 0 Å². The van der Waals surface area contributed by atoms with Gasteiger partial charge in [-0.05, 0) is 28.5 Å². The van der Waals surface area contributed by atoms with Crippen LogP contribution in [0.25, 0.3) is 10.8 Å². The molecule has 0 aromatic heterocycles. The molecule has 6 heteroatoms. The average molecular weight is 387 g/mol. The van der Waals surface area contributed by atoms with Crippen molar-refractivity contribution in [2.45, 2.75) is 6.42 Å². The van der Waals surface area contributed by atoms with Crippen LogP contribution < -0.4 is 10.2 Å². The van der Waals surface area contributed by atoms with Gasteiger partial charge >= 0.3 is 0 Å². The van der Waals surface area contributed by atoms with E-state index in [4.69, 9.17) is 27.9 Å². The Morgan fingerprint density at radius 3 is 2.73 bits per heavy atom. The van der Waals surface area contributed by atoms with Crippen molar-refractivity contribution in [2.24, 2.45) is 5.10 Å². The van der Waals surface area contributed by atoms with Gasteiger partial charge in [-0.1, -0.05) is 65.7 Å². The lowest BCUT2D eigenvalue weighted by atomic mass is 10.0. The largest absolute Gasteiger partial charge is 0.495 e. The summed E-state index contributed by atoms with van der Waals surface area (Å²) >= 11 is 12.1. The number of amides is 1. The van der Waals surface area contributed by atoms with E-state index in [0.29, 0.717) is 21.4 Å². The van der Waals surface area contributed by atoms with Gasteiger partial charge in [0, 0.05) is 10.6 Å². The van der Waals surface area contributed by atoms with E-state index in [9.17, 15) is 4.79 Å². The van der Waals surface area contributed by atoms with Gasteiger partial charge in [0.2, 0.25) is 5.91 Å². The normalized spacial score (nSPS) is 11.0. The van der Waals surface area contributed by atoms with Gasteiger partial charge in [-0.25, -0.2) is 5.43 Å². The molecule has 0 radical (unpaired) electrons. The van der Waals surface area contributed by atoms with Crippen molar-refractivity contribution in [3.63, 3.8) is 0 Å². The number of ether oxygens (including phenoxy) is 1. The molecule has 0 aliphatic carbocycles. The van der Waals surface area contributed by atoms with Crippen LogP contribution in [0, 0.1) is 0 Å². The molecule has 0 spiro atoms. The van der Waals surface area contributed by atoms with E-state index in [2.05, 4.69) is 10.5 Å². The van der Waals surface area contributed by atoms with Gasteiger partial charge in [-0.15, -0.1) is 0 Å². The minimum absolute atomic E-state index is 0.218. The SMILES string of the molecule is COc1c(Cl)cc(Cl)cc1C=NNC(=O)Cc1cccc2ccccc12. The molecular formula is C20H16Cl2N2O2. The van der Waals surface area contributed by atoms with Crippen LogP contribution in [-0.4, -0.2) is 19.2 Å². The molecule has 0 fully saturated rings. The minimum Gasteiger partial charge on any atom is -0.495 e. The van der Waals surface area contributed by atoms with Crippen molar-refractivity contribution in [1.82, 2.24) is 5.43 Å². The molecule has 0 heterocycles. The molecule has 0 bridgehead atoms. The van der Waals surface area contributed by atoms with Crippen LogP contribution in [0.2, 0.25) is 10.0 Å². The van der Waals surface area contributed by atoms with Crippen LogP contribution in [0.4, 0.5) is 0 Å². The monoisotopic (exact) mass is 386 g/mol. The Balaban J connectivity index is 1.72. The number of carbonyl (C=O) groups is 1. The highest BCUT2D eigenvalue weighted by molar-refractivity contribution is 6.36. The molecule has 3 aromatic carbocycles. The number of fused-ring (bicyclic) bond motifs is 1. The van der Waals surface area contributed by atoms with Crippen LogP contribution in [0.15, 0.2) is 59.7 Å². The molecule has 1 N–H and O–H groups in total. The zero-order chi connectivity index (χ0) is 18.5. The van der Waals surface area contributed by atoms with Gasteiger partial charge < -0.3 is 4.74 Å². The molecule has 0 aliphatic heterocycles. The smallest absolute Gasteiger partial charge is 0.244 e. The lowest BCUT2D eigenvalue weighted by Crippen LogP contribution is -2.20. The van der Waals surface area contributed by atoms with E-state index in [1.807, 2.05) is 42.5 Å². The van der Waals surface area contributed by atoms with Gasteiger partial charge in [-0.2, -0.15) is 5.10 Å². The Morgan fingerprint density at radius 1 is 1.15 bits per heavy atom. The summed E-state index contributed by atoms with van der Waals surface area (Å²) in [4.78, 5) is 12.2. The fourth-order valence-corrected chi connectivity index (χ4v) is 3.31. The second-order valence-corrected chi connectivity index (χ2v) is 6.46. The van der Waals surface area contributed by atoms with Gasteiger partial charge in [0.15, 0.2) is 0 Å². The van der Waals surface area contributed by atoms with Crippen molar-refractivity contribution in [3.05, 3.63) is 75.8 Å². The second kappa shape index (κ2) is 8.21. The lowest BCUT2D eigenvalue weighted by Gasteiger charge is -2.08. The fraction of sp³-hybridized carbons (Fsp3) is 0.100. The quantitative estimate of drug-likeness (QED) is 0.503. The van der Waals surface area contributed by atoms with Crippen molar-refractivity contribution in [3.8, 4) is 5.75 Å². The predicted octanol–water partition coefficient (Wildman–Crippen LogP) is 4.85. The van der Waals surface area contributed by atoms with Crippen LogP contribution in [-0.2, 0) is 11.2 Å². The highest BCUT2D eigenvalue weighted by Gasteiger charge is 2.09. The summed E-state index contributed by atoms with van der Waals surface area (Å²) in [5.41, 5.74) is 4.05. The summed E-state index contributed by atoms with van der Waals surface area (Å²) in [6.07, 6.45) is 1.68. The van der Waals surface area contributed by atoms with Crippen molar-refractivity contribution < 1.29 is 9.53 Å². The molecule has 4 nitrogen and oxygen atoms in total. The van der Waals surface area contributed by atoms with E-state index in [-0.39, 0.29) is 12.3 Å². The molecule has 0 unspecified atom stereocenters. The van der Waals surface area contributed by atoms with E-state index < -0.39 is 0 Å². The topological polar surface area (TPSA) is 50.7 Å². The molecule has 0 atom stereocenters. The van der Waals surface area contributed by atoms with Gasteiger partial charge in [0.1, 0.15) is 5.75 Å². The number of methoxy groups -OCH3 is 1. The summed E-state index contributed by atoms with van der Waals surface area (Å²) in [5.74, 6) is 0.229. The number of hydrazone groups is 1. The third-order valence-corrected chi connectivity index (χ3v) is 4.36. The van der Waals surface area contributed by atoms with Crippen molar-refractivity contribution in [2.75, 3.05) is 7.11 Å². The first kappa shape index (κ1) is 18.2. The van der Waals surface area contributed by atoms with E-state index in [1.165, 1.54) is 13.3 Å². The molecule has 26 heavy (non-hydrogen) atoms. The zero-order valence-electron chi connectivity index (χ0n) is 14.0. The highest BCUT2D eigenvalue weighted by Crippen LogP contribution is 2.31. The standard InChI is InChI=1S/C20H16Cl2N2O2/c1-26-20-15(9-16(21)11-18(20)22)12-23-24-19(25)10-14-7-4-6-13-5-2-3-8-17(13)14/h2-9,11-12H,10H2,1H3,(H,24,25). The second-order valence-electron chi connectivity index (χ2n) is 5.62. The molecule has 0 saturated heterocycles. The molecular weight excluding hydrogens is 371 g/mol. The van der Waals surface area contributed by atoms with Crippen LogP contribution in [0.5, 0.6) is 5.75 Å². The molecule has 3 aromatic rings. The highest BCUT2D eigenvalue weighted by atomic mass is 35.5. The van der Waals surface area contributed by atoms with Crippen molar-refractivity contribution >= 4 is 46.1 Å². The van der Waals surface area contributed by atoms with Crippen LogP contribution in [0.3, 0.4) is 0 Å². The third kappa shape index (κ3) is 4.15. The summed E-state index contributed by atoms with van der Waals surface area (Å²) in [6, 6.07) is 17.1. The Kier molecular flexibility index (Phi) is 5.76. The molecule has 0 saturated carbocycles. The predicted molar refractivity (Wildman–Crippen MR) is 106 cm³/mol. The molecule has 1 amide bonds. The Labute approximate surface area is 161 Å².